The highest BCUT2D eigenvalue weighted by Gasteiger charge is 2.15. The van der Waals surface area contributed by atoms with E-state index in [9.17, 15) is 4.79 Å². The van der Waals surface area contributed by atoms with Gasteiger partial charge in [-0.25, -0.2) is 14.8 Å². The predicted molar refractivity (Wildman–Crippen MR) is 128 cm³/mol. The molecule has 0 radical (unpaired) electrons. The number of carbonyl (C=O) groups excluding carboxylic acids is 1. The maximum atomic E-state index is 12.2. The van der Waals surface area contributed by atoms with Gasteiger partial charge in [-0.2, -0.15) is 0 Å². The fraction of sp³-hybridized carbons (Fsp3) is 0.125. The molecule has 2 aromatic carbocycles. The second kappa shape index (κ2) is 8.07. The number of aromatic nitrogens is 4. The largest absolute Gasteiger partial charge is 0.371 e. The van der Waals surface area contributed by atoms with Crippen LogP contribution in [0.3, 0.4) is 0 Å². The molecule has 8 nitrogen and oxygen atoms in total. The number of hydrogen-bond acceptors (Lipinski definition) is 4. The molecule has 5 aromatic rings. The number of para-hydroxylation sites is 1. The summed E-state index contributed by atoms with van der Waals surface area (Å²) in [6, 6.07) is 19.3. The Kier molecular flexibility index (Phi) is 4.95. The van der Waals surface area contributed by atoms with Crippen LogP contribution in [0.4, 0.5) is 16.3 Å². The zero-order valence-electron chi connectivity index (χ0n) is 17.8. The molecular formula is C24H23N7O. The van der Waals surface area contributed by atoms with Gasteiger partial charge in [-0.1, -0.05) is 36.4 Å². The molecule has 2 amide bonds. The normalized spacial score (nSPS) is 11.1. The van der Waals surface area contributed by atoms with Gasteiger partial charge >= 0.3 is 6.03 Å². The Hall–Kier alpha value is -4.33. The molecule has 0 atom stereocenters. The Morgan fingerprint density at radius 3 is 2.75 bits per heavy atom. The molecule has 0 aliphatic heterocycles. The number of carbonyl (C=O) groups is 1. The lowest BCUT2D eigenvalue weighted by molar-refractivity contribution is 0.251. The van der Waals surface area contributed by atoms with E-state index in [0.717, 1.165) is 50.4 Å². The van der Waals surface area contributed by atoms with Crippen molar-refractivity contribution in [2.75, 3.05) is 17.7 Å². The van der Waals surface area contributed by atoms with Gasteiger partial charge in [0.2, 0.25) is 0 Å². The topological polar surface area (TPSA) is 99.7 Å². The smallest absolute Gasteiger partial charge is 0.319 e. The molecule has 160 valence electrons. The molecule has 3 aromatic heterocycles. The predicted octanol–water partition coefficient (Wildman–Crippen LogP) is 4.48. The maximum absolute atomic E-state index is 12.2. The summed E-state index contributed by atoms with van der Waals surface area (Å²) in [5.74, 6) is 0.740. The van der Waals surface area contributed by atoms with E-state index in [0.29, 0.717) is 6.54 Å². The summed E-state index contributed by atoms with van der Waals surface area (Å²) >= 11 is 0. The summed E-state index contributed by atoms with van der Waals surface area (Å²) in [4.78, 5) is 24.8. The molecule has 32 heavy (non-hydrogen) atoms. The number of aromatic amines is 1. The second-order valence-electron chi connectivity index (χ2n) is 7.58. The molecule has 5 rings (SSSR count). The molecule has 4 N–H and O–H groups in total. The average molecular weight is 425 g/mol. The summed E-state index contributed by atoms with van der Waals surface area (Å²) in [7, 11) is 3.82. The van der Waals surface area contributed by atoms with Gasteiger partial charge in [-0.05, 0) is 35.4 Å². The van der Waals surface area contributed by atoms with Gasteiger partial charge in [0.1, 0.15) is 11.2 Å². The molecule has 0 saturated heterocycles. The number of rotatable bonds is 5. The van der Waals surface area contributed by atoms with Crippen molar-refractivity contribution in [3.05, 3.63) is 72.6 Å². The van der Waals surface area contributed by atoms with Crippen molar-refractivity contribution in [3.63, 3.8) is 0 Å². The first kappa shape index (κ1) is 19.6. The molecule has 3 heterocycles. The van der Waals surface area contributed by atoms with Gasteiger partial charge in [-0.3, -0.25) is 0 Å². The van der Waals surface area contributed by atoms with E-state index in [4.69, 9.17) is 4.98 Å². The summed E-state index contributed by atoms with van der Waals surface area (Å²) in [5.41, 5.74) is 6.40. The molecule has 0 aliphatic rings. The van der Waals surface area contributed by atoms with Crippen molar-refractivity contribution in [1.82, 2.24) is 24.8 Å². The minimum absolute atomic E-state index is 0.241. The van der Waals surface area contributed by atoms with Gasteiger partial charge in [0.05, 0.1) is 11.8 Å². The Bertz CT molecular complexity index is 1420. The summed E-state index contributed by atoms with van der Waals surface area (Å²) in [6.07, 6.45) is 1.80. The van der Waals surface area contributed by atoms with Gasteiger partial charge in [0, 0.05) is 37.4 Å². The quantitative estimate of drug-likeness (QED) is 0.334. The Morgan fingerprint density at radius 1 is 1.09 bits per heavy atom. The third kappa shape index (κ3) is 3.62. The molecule has 8 heteroatoms. The molecule has 0 bridgehead atoms. The molecular weight excluding hydrogens is 402 g/mol. The number of hydrogen-bond donors (Lipinski definition) is 4. The number of aryl methyl sites for hydroxylation is 1. The van der Waals surface area contributed by atoms with Crippen LogP contribution in [0.15, 0.2) is 67.0 Å². The van der Waals surface area contributed by atoms with Crippen molar-refractivity contribution in [2.45, 2.75) is 6.54 Å². The van der Waals surface area contributed by atoms with Crippen LogP contribution in [0.25, 0.3) is 33.3 Å². The standard InChI is InChI=1S/C24H23N7O/c1-25-23-20-21(31(2)14-27-20)18-12-19(29-22(18)30-23)16-8-6-7-15(11-16)13-26-24(32)28-17-9-4-3-5-10-17/h3-12,14H,13H2,1-2H3,(H2,25,29,30)(H2,26,28,32). The lowest BCUT2D eigenvalue weighted by atomic mass is 10.1. The molecule has 0 fully saturated rings. The van der Waals surface area contributed by atoms with E-state index in [2.05, 4.69) is 38.1 Å². The highest BCUT2D eigenvalue weighted by Crippen LogP contribution is 2.31. The van der Waals surface area contributed by atoms with E-state index in [1.54, 1.807) is 6.33 Å². The van der Waals surface area contributed by atoms with Gasteiger partial charge < -0.3 is 25.5 Å². The Labute approximate surface area is 184 Å². The number of nitrogens with zero attached hydrogens (tertiary/aromatic N) is 3. The van der Waals surface area contributed by atoms with Crippen molar-refractivity contribution in [2.24, 2.45) is 7.05 Å². The summed E-state index contributed by atoms with van der Waals surface area (Å²) in [6.45, 7) is 0.418. The Balaban J connectivity index is 1.40. The number of imidazole rings is 1. The summed E-state index contributed by atoms with van der Waals surface area (Å²) in [5, 5.41) is 9.87. The van der Waals surface area contributed by atoms with E-state index >= 15 is 0 Å². The first-order valence-corrected chi connectivity index (χ1v) is 10.3. The number of H-pyrrole nitrogens is 1. The van der Waals surface area contributed by atoms with Crippen LogP contribution in [0.2, 0.25) is 0 Å². The number of anilines is 2. The molecule has 0 saturated carbocycles. The van der Waals surface area contributed by atoms with E-state index in [1.807, 2.05) is 67.2 Å². The molecule has 0 unspecified atom stereocenters. The van der Waals surface area contributed by atoms with Gasteiger partial charge in [0.15, 0.2) is 5.82 Å². The fourth-order valence-corrected chi connectivity index (χ4v) is 3.86. The van der Waals surface area contributed by atoms with Crippen LogP contribution in [0.1, 0.15) is 5.56 Å². The van der Waals surface area contributed by atoms with Crippen LogP contribution < -0.4 is 16.0 Å². The third-order valence-corrected chi connectivity index (χ3v) is 5.40. The number of urea groups is 1. The number of pyridine rings is 1. The zero-order valence-corrected chi connectivity index (χ0v) is 17.8. The first-order chi connectivity index (χ1) is 15.6. The fourth-order valence-electron chi connectivity index (χ4n) is 3.86. The van der Waals surface area contributed by atoms with Crippen molar-refractivity contribution in [1.29, 1.82) is 0 Å². The minimum atomic E-state index is -0.241. The van der Waals surface area contributed by atoms with Crippen LogP contribution in [-0.4, -0.2) is 32.6 Å². The highest BCUT2D eigenvalue weighted by atomic mass is 16.2. The van der Waals surface area contributed by atoms with E-state index in [-0.39, 0.29) is 6.03 Å². The second-order valence-corrected chi connectivity index (χ2v) is 7.58. The zero-order chi connectivity index (χ0) is 22.1. The molecule has 0 spiro atoms. The Morgan fingerprint density at radius 2 is 1.94 bits per heavy atom. The average Bonchev–Trinajstić information content (AvgIpc) is 3.41. The van der Waals surface area contributed by atoms with Crippen molar-refractivity contribution >= 4 is 39.6 Å². The van der Waals surface area contributed by atoms with Crippen LogP contribution in [0.5, 0.6) is 0 Å². The monoisotopic (exact) mass is 425 g/mol. The first-order valence-electron chi connectivity index (χ1n) is 10.3. The summed E-state index contributed by atoms with van der Waals surface area (Å²) < 4.78 is 2.00. The number of amides is 2. The lowest BCUT2D eigenvalue weighted by Crippen LogP contribution is -2.28. The van der Waals surface area contributed by atoms with E-state index < -0.39 is 0 Å². The number of nitrogens with one attached hydrogen (secondary N) is 4. The lowest BCUT2D eigenvalue weighted by Gasteiger charge is -2.08. The SMILES string of the molecule is CNc1nc2[nH]c(-c3cccc(CNC(=O)Nc4ccccc4)c3)cc2c2c1ncn2C. The van der Waals surface area contributed by atoms with Crippen LogP contribution >= 0.6 is 0 Å². The van der Waals surface area contributed by atoms with Gasteiger partial charge in [-0.15, -0.1) is 0 Å². The maximum Gasteiger partial charge on any atom is 0.319 e. The van der Waals surface area contributed by atoms with E-state index in [1.165, 1.54) is 0 Å². The number of fused-ring (bicyclic) bond motifs is 3. The van der Waals surface area contributed by atoms with Crippen LogP contribution in [0, 0.1) is 0 Å². The number of benzene rings is 2. The van der Waals surface area contributed by atoms with Crippen molar-refractivity contribution in [3.8, 4) is 11.3 Å². The highest BCUT2D eigenvalue weighted by molar-refractivity contribution is 6.07. The third-order valence-electron chi connectivity index (χ3n) is 5.40. The van der Waals surface area contributed by atoms with Gasteiger partial charge in [0.25, 0.3) is 0 Å². The molecule has 0 aliphatic carbocycles. The minimum Gasteiger partial charge on any atom is -0.371 e. The van der Waals surface area contributed by atoms with Crippen molar-refractivity contribution < 1.29 is 4.79 Å². The van der Waals surface area contributed by atoms with Crippen LogP contribution in [-0.2, 0) is 13.6 Å².